The van der Waals surface area contributed by atoms with Crippen molar-refractivity contribution in [2.24, 2.45) is 11.7 Å². The molecular weight excluding hydrogens is 468 g/mol. The maximum atomic E-state index is 13.0. The number of carbonyl (C=O) groups is 1. The number of rotatable bonds is 4. The lowest BCUT2D eigenvalue weighted by molar-refractivity contribution is 0.100. The summed E-state index contributed by atoms with van der Waals surface area (Å²) in [6.45, 7) is 0.845. The molecule has 0 spiro atoms. The van der Waals surface area contributed by atoms with Gasteiger partial charge in [0.05, 0.1) is 29.6 Å². The molecule has 3 heterocycles. The van der Waals surface area contributed by atoms with Gasteiger partial charge in [0.2, 0.25) is 0 Å². The molecule has 120 valence electrons. The van der Waals surface area contributed by atoms with Crippen molar-refractivity contribution in [2.45, 2.75) is 6.04 Å². The number of nitrogens with two attached hydrogens (primary N) is 1. The van der Waals surface area contributed by atoms with Gasteiger partial charge in [-0.15, -0.1) is 24.0 Å². The van der Waals surface area contributed by atoms with Crippen LogP contribution in [0.4, 0.5) is 10.1 Å². The van der Waals surface area contributed by atoms with Gasteiger partial charge in [-0.2, -0.15) is 5.10 Å². The molecule has 22 heavy (non-hydrogen) atoms. The van der Waals surface area contributed by atoms with E-state index in [1.54, 1.807) is 10.7 Å². The quantitative estimate of drug-likeness (QED) is 0.579. The van der Waals surface area contributed by atoms with Crippen LogP contribution in [-0.4, -0.2) is 41.3 Å². The normalized spacial score (nSPS) is 20.8. The van der Waals surface area contributed by atoms with Crippen LogP contribution in [0, 0.1) is 5.92 Å². The highest BCUT2D eigenvalue weighted by molar-refractivity contribution is 14.0. The number of halogens is 3. The summed E-state index contributed by atoms with van der Waals surface area (Å²) in [5, 5.41) is 10.6. The first-order chi connectivity index (χ1) is 10.1. The molecule has 0 bridgehead atoms. The predicted octanol–water partition coefficient (Wildman–Crippen LogP) is 1.78. The second-order valence-corrected chi connectivity index (χ2v) is 6.02. The topological polar surface area (TPSA) is 84.5 Å². The Morgan fingerprint density at radius 3 is 3.05 bits per heavy atom. The Balaban J connectivity index is 0.00000176. The number of hydrogen-bond acceptors (Lipinski definition) is 4. The van der Waals surface area contributed by atoms with Gasteiger partial charge in [-0.25, -0.2) is 4.52 Å². The third-order valence-corrected chi connectivity index (χ3v) is 4.17. The Bertz CT molecular complexity index is 694. The average Bonchev–Trinajstić information content (AvgIpc) is 3.03. The molecule has 3 rings (SSSR count). The number of anilines is 1. The van der Waals surface area contributed by atoms with Crippen molar-refractivity contribution in [1.82, 2.24) is 14.9 Å². The molecule has 0 aromatic carbocycles. The number of nitrogens with zero attached hydrogens (tertiary/aromatic N) is 2. The van der Waals surface area contributed by atoms with Crippen LogP contribution in [0.25, 0.3) is 5.52 Å². The molecule has 6 nitrogen and oxygen atoms in total. The largest absolute Gasteiger partial charge is 0.378 e. The van der Waals surface area contributed by atoms with Crippen LogP contribution < -0.4 is 16.4 Å². The lowest BCUT2D eigenvalue weighted by Crippen LogP contribution is -2.31. The number of amides is 1. The minimum Gasteiger partial charge on any atom is -0.378 e. The maximum absolute atomic E-state index is 13.0. The van der Waals surface area contributed by atoms with E-state index in [1.165, 1.54) is 6.20 Å². The minimum absolute atomic E-state index is 0. The van der Waals surface area contributed by atoms with Gasteiger partial charge in [0, 0.05) is 35.7 Å². The molecule has 1 aliphatic rings. The molecule has 9 heteroatoms. The summed E-state index contributed by atoms with van der Waals surface area (Å²) in [5.41, 5.74) is 7.05. The smallest absolute Gasteiger partial charge is 0.252 e. The monoisotopic (exact) mass is 483 g/mol. The van der Waals surface area contributed by atoms with Crippen molar-refractivity contribution < 1.29 is 9.18 Å². The Morgan fingerprint density at radius 2 is 2.36 bits per heavy atom. The number of carbonyl (C=O) groups excluding carboxylic acids is 1. The number of fused-ring (bicyclic) bond motifs is 1. The van der Waals surface area contributed by atoms with Crippen molar-refractivity contribution in [1.29, 1.82) is 0 Å². The Kier molecular flexibility index (Phi) is 5.61. The van der Waals surface area contributed by atoms with E-state index < -0.39 is 12.6 Å². The van der Waals surface area contributed by atoms with Gasteiger partial charge < -0.3 is 16.4 Å². The van der Waals surface area contributed by atoms with E-state index in [4.69, 9.17) is 5.73 Å². The lowest BCUT2D eigenvalue weighted by Gasteiger charge is -2.20. The molecule has 0 radical (unpaired) electrons. The lowest BCUT2D eigenvalue weighted by atomic mass is 10.0. The van der Waals surface area contributed by atoms with Crippen molar-refractivity contribution in [2.75, 3.05) is 25.1 Å². The van der Waals surface area contributed by atoms with Gasteiger partial charge in [-0.3, -0.25) is 9.18 Å². The summed E-state index contributed by atoms with van der Waals surface area (Å²) in [6.07, 6.45) is 3.21. The van der Waals surface area contributed by atoms with E-state index in [-0.39, 0.29) is 35.9 Å². The molecular formula is C13H16BrFIN5O. The average molecular weight is 484 g/mol. The summed E-state index contributed by atoms with van der Waals surface area (Å²) < 4.78 is 15.5. The first-order valence-corrected chi connectivity index (χ1v) is 7.39. The van der Waals surface area contributed by atoms with Crippen molar-refractivity contribution in [3.63, 3.8) is 0 Å². The molecule has 1 saturated heterocycles. The fraction of sp³-hybridized carbons (Fsp3) is 0.385. The van der Waals surface area contributed by atoms with Crippen molar-refractivity contribution >= 4 is 57.0 Å². The third kappa shape index (κ3) is 3.20. The molecule has 0 saturated carbocycles. The first kappa shape index (κ1) is 17.4. The van der Waals surface area contributed by atoms with Crippen LogP contribution in [0.5, 0.6) is 0 Å². The summed E-state index contributed by atoms with van der Waals surface area (Å²) in [6, 6.07) is 1.75. The fourth-order valence-electron chi connectivity index (χ4n) is 2.61. The molecule has 0 unspecified atom stereocenters. The molecule has 1 amide bonds. The summed E-state index contributed by atoms with van der Waals surface area (Å²) in [4.78, 5) is 11.6. The second kappa shape index (κ2) is 7.09. The van der Waals surface area contributed by atoms with E-state index in [2.05, 4.69) is 31.7 Å². The van der Waals surface area contributed by atoms with Crippen LogP contribution in [0.3, 0.4) is 0 Å². The van der Waals surface area contributed by atoms with E-state index >= 15 is 0 Å². The number of nitrogens with one attached hydrogen (secondary N) is 2. The van der Waals surface area contributed by atoms with Crippen LogP contribution in [-0.2, 0) is 0 Å². The molecule has 1 aliphatic heterocycles. The first-order valence-electron chi connectivity index (χ1n) is 6.60. The van der Waals surface area contributed by atoms with E-state index in [0.29, 0.717) is 24.3 Å². The van der Waals surface area contributed by atoms with Crippen LogP contribution in [0.1, 0.15) is 10.4 Å². The van der Waals surface area contributed by atoms with Crippen molar-refractivity contribution in [3.8, 4) is 0 Å². The zero-order valence-corrected chi connectivity index (χ0v) is 15.5. The van der Waals surface area contributed by atoms with Crippen LogP contribution in [0.15, 0.2) is 22.9 Å². The number of hydrogen-bond donors (Lipinski definition) is 3. The maximum Gasteiger partial charge on any atom is 0.252 e. The van der Waals surface area contributed by atoms with E-state index in [0.717, 1.165) is 9.99 Å². The number of alkyl halides is 1. The van der Waals surface area contributed by atoms with Gasteiger partial charge in [-0.05, 0) is 22.0 Å². The van der Waals surface area contributed by atoms with Gasteiger partial charge >= 0.3 is 0 Å². The van der Waals surface area contributed by atoms with Crippen molar-refractivity contribution in [3.05, 3.63) is 28.5 Å². The van der Waals surface area contributed by atoms with Crippen LogP contribution >= 0.6 is 39.9 Å². The van der Waals surface area contributed by atoms with E-state index in [9.17, 15) is 9.18 Å². The fourth-order valence-corrected chi connectivity index (χ4v) is 3.02. The Labute approximate surface area is 152 Å². The summed E-state index contributed by atoms with van der Waals surface area (Å²) in [5.74, 6) is -0.690. The van der Waals surface area contributed by atoms with E-state index in [1.807, 2.05) is 6.07 Å². The molecule has 0 aliphatic carbocycles. The standard InChI is InChI=1S/C13H15BrFN5O.HI/c14-8-1-11-12(19-10-5-17-3-7(10)2-15)9(13(16)21)4-18-20(11)6-8;/h1,4,6-7,10,17,19H,2-3,5H2,(H2,16,21);1H/t7-,10-;/m1./s1. The number of aromatic nitrogens is 2. The molecule has 4 N–H and O–H groups in total. The summed E-state index contributed by atoms with van der Waals surface area (Å²) in [7, 11) is 0. The van der Waals surface area contributed by atoms with Gasteiger partial charge in [-0.1, -0.05) is 0 Å². The highest BCUT2D eigenvalue weighted by Gasteiger charge is 2.28. The Hall–Kier alpha value is -0.940. The third-order valence-electron chi connectivity index (χ3n) is 3.74. The molecule has 2 atom stereocenters. The zero-order valence-electron chi connectivity index (χ0n) is 11.6. The Morgan fingerprint density at radius 1 is 1.59 bits per heavy atom. The van der Waals surface area contributed by atoms with Gasteiger partial charge in [0.15, 0.2) is 0 Å². The van der Waals surface area contributed by atoms with Gasteiger partial charge in [0.25, 0.3) is 5.91 Å². The molecule has 1 fully saturated rings. The molecule has 2 aromatic rings. The highest BCUT2D eigenvalue weighted by Crippen LogP contribution is 2.27. The predicted molar refractivity (Wildman–Crippen MR) is 96.6 cm³/mol. The minimum atomic E-state index is -0.562. The molecule has 2 aromatic heterocycles. The number of primary amides is 1. The van der Waals surface area contributed by atoms with Gasteiger partial charge in [0.1, 0.15) is 0 Å². The zero-order chi connectivity index (χ0) is 15.0. The van der Waals surface area contributed by atoms with Crippen LogP contribution in [0.2, 0.25) is 0 Å². The SMILES string of the molecule is I.NC(=O)c1cnn2cc(Br)cc2c1N[C@@H]1CNC[C@H]1CF. The highest BCUT2D eigenvalue weighted by atomic mass is 127. The summed E-state index contributed by atoms with van der Waals surface area (Å²) >= 11 is 3.38. The second-order valence-electron chi connectivity index (χ2n) is 5.11.